The average molecular weight is 251 g/mol. The number of benzene rings is 1. The number of ether oxygens (including phenoxy) is 2. The predicted octanol–water partition coefficient (Wildman–Crippen LogP) is 2.37. The molecule has 4 unspecified atom stereocenters. The largest absolute Gasteiger partial charge is 0.349 e. The Kier molecular flexibility index (Phi) is 3.33. The molecular formula is C14H18FNO2. The normalized spacial score (nSPS) is 34.8. The first kappa shape index (κ1) is 12.1. The minimum Gasteiger partial charge on any atom is -0.349 e. The monoisotopic (exact) mass is 251 g/mol. The Labute approximate surface area is 106 Å². The van der Waals surface area contributed by atoms with E-state index in [4.69, 9.17) is 15.2 Å². The molecule has 2 aliphatic heterocycles. The Bertz CT molecular complexity index is 395. The molecular weight excluding hydrogens is 233 g/mol. The number of rotatable bonds is 3. The lowest BCUT2D eigenvalue weighted by Crippen LogP contribution is -2.16. The Hall–Kier alpha value is -0.970. The summed E-state index contributed by atoms with van der Waals surface area (Å²) in [5.41, 5.74) is 6.57. The molecule has 0 amide bonds. The molecule has 2 saturated heterocycles. The summed E-state index contributed by atoms with van der Waals surface area (Å²) in [7, 11) is 0. The van der Waals surface area contributed by atoms with E-state index in [9.17, 15) is 4.39 Å². The second-order valence-electron chi connectivity index (χ2n) is 5.11. The van der Waals surface area contributed by atoms with Crippen molar-refractivity contribution in [3.05, 3.63) is 35.6 Å². The molecule has 2 aliphatic rings. The van der Waals surface area contributed by atoms with E-state index >= 15 is 0 Å². The minimum atomic E-state index is -0.212. The van der Waals surface area contributed by atoms with E-state index in [1.807, 2.05) is 0 Å². The number of halogens is 1. The highest BCUT2D eigenvalue weighted by atomic mass is 19.1. The van der Waals surface area contributed by atoms with Gasteiger partial charge in [-0.1, -0.05) is 12.1 Å². The van der Waals surface area contributed by atoms with Crippen LogP contribution in [0.2, 0.25) is 0 Å². The van der Waals surface area contributed by atoms with Crippen LogP contribution in [0.25, 0.3) is 0 Å². The third-order valence-electron chi connectivity index (χ3n) is 3.82. The Morgan fingerprint density at radius 2 is 1.94 bits per heavy atom. The standard InChI is InChI=1S/C14H18FNO2/c15-11-3-1-9(2-4-11)13-8-10-7-12(5-6-16)17-14(10)18-13/h1-4,10,12-14H,5-8,16H2. The zero-order chi connectivity index (χ0) is 12.5. The van der Waals surface area contributed by atoms with Crippen molar-refractivity contribution in [1.29, 1.82) is 0 Å². The van der Waals surface area contributed by atoms with Crippen molar-refractivity contribution in [2.45, 2.75) is 37.8 Å². The van der Waals surface area contributed by atoms with Crippen LogP contribution in [-0.2, 0) is 9.47 Å². The van der Waals surface area contributed by atoms with Gasteiger partial charge in [0, 0.05) is 5.92 Å². The summed E-state index contributed by atoms with van der Waals surface area (Å²) >= 11 is 0. The number of nitrogens with two attached hydrogens (primary N) is 1. The van der Waals surface area contributed by atoms with Crippen molar-refractivity contribution in [1.82, 2.24) is 0 Å². The van der Waals surface area contributed by atoms with Gasteiger partial charge in [-0.2, -0.15) is 0 Å². The Balaban J connectivity index is 1.63. The molecule has 2 N–H and O–H groups in total. The highest BCUT2D eigenvalue weighted by molar-refractivity contribution is 5.19. The third-order valence-corrected chi connectivity index (χ3v) is 3.82. The molecule has 2 fully saturated rings. The van der Waals surface area contributed by atoms with Gasteiger partial charge < -0.3 is 15.2 Å². The number of hydrogen-bond donors (Lipinski definition) is 1. The topological polar surface area (TPSA) is 44.5 Å². The first-order valence-electron chi connectivity index (χ1n) is 6.52. The van der Waals surface area contributed by atoms with Crippen molar-refractivity contribution >= 4 is 0 Å². The number of fused-ring (bicyclic) bond motifs is 1. The van der Waals surface area contributed by atoms with Gasteiger partial charge in [-0.3, -0.25) is 0 Å². The summed E-state index contributed by atoms with van der Waals surface area (Å²) in [6.45, 7) is 0.658. The summed E-state index contributed by atoms with van der Waals surface area (Å²) in [6.07, 6.45) is 3.07. The van der Waals surface area contributed by atoms with Crippen LogP contribution in [-0.4, -0.2) is 18.9 Å². The van der Waals surface area contributed by atoms with Gasteiger partial charge in [0.25, 0.3) is 0 Å². The Morgan fingerprint density at radius 1 is 1.17 bits per heavy atom. The molecule has 0 radical (unpaired) electrons. The van der Waals surface area contributed by atoms with E-state index in [2.05, 4.69) is 0 Å². The molecule has 18 heavy (non-hydrogen) atoms. The van der Waals surface area contributed by atoms with Gasteiger partial charge in [0.05, 0.1) is 12.2 Å². The second kappa shape index (κ2) is 4.96. The van der Waals surface area contributed by atoms with Gasteiger partial charge in [0.1, 0.15) is 5.82 Å². The maximum Gasteiger partial charge on any atom is 0.161 e. The smallest absolute Gasteiger partial charge is 0.161 e. The van der Waals surface area contributed by atoms with Crippen LogP contribution < -0.4 is 5.73 Å². The lowest BCUT2D eigenvalue weighted by Gasteiger charge is -2.16. The predicted molar refractivity (Wildman–Crippen MR) is 65.3 cm³/mol. The van der Waals surface area contributed by atoms with E-state index in [-0.39, 0.29) is 24.3 Å². The summed E-state index contributed by atoms with van der Waals surface area (Å²) in [6, 6.07) is 6.53. The lowest BCUT2D eigenvalue weighted by molar-refractivity contribution is -0.140. The van der Waals surface area contributed by atoms with E-state index in [0.717, 1.165) is 24.8 Å². The van der Waals surface area contributed by atoms with Crippen molar-refractivity contribution in [3.8, 4) is 0 Å². The fourth-order valence-electron chi connectivity index (χ4n) is 2.91. The third kappa shape index (κ3) is 2.28. The molecule has 0 bridgehead atoms. The maximum atomic E-state index is 12.9. The zero-order valence-electron chi connectivity index (χ0n) is 10.2. The van der Waals surface area contributed by atoms with Gasteiger partial charge in [0.15, 0.2) is 6.29 Å². The highest BCUT2D eigenvalue weighted by Crippen LogP contribution is 2.44. The van der Waals surface area contributed by atoms with Crippen LogP contribution in [0.4, 0.5) is 4.39 Å². The highest BCUT2D eigenvalue weighted by Gasteiger charge is 2.43. The fraction of sp³-hybridized carbons (Fsp3) is 0.571. The van der Waals surface area contributed by atoms with E-state index in [1.165, 1.54) is 12.1 Å². The average Bonchev–Trinajstić information content (AvgIpc) is 2.88. The molecule has 4 heteroatoms. The van der Waals surface area contributed by atoms with Crippen LogP contribution in [0.1, 0.15) is 30.9 Å². The molecule has 4 atom stereocenters. The molecule has 2 heterocycles. The maximum absolute atomic E-state index is 12.9. The molecule has 1 aromatic rings. The van der Waals surface area contributed by atoms with Crippen LogP contribution in [0.3, 0.4) is 0 Å². The van der Waals surface area contributed by atoms with Crippen LogP contribution in [0.15, 0.2) is 24.3 Å². The first-order valence-corrected chi connectivity index (χ1v) is 6.52. The SMILES string of the molecule is NCCC1CC2CC(c3ccc(F)cc3)OC2O1. The Morgan fingerprint density at radius 3 is 2.61 bits per heavy atom. The molecule has 0 aliphatic carbocycles. The van der Waals surface area contributed by atoms with E-state index < -0.39 is 0 Å². The van der Waals surface area contributed by atoms with Gasteiger partial charge in [-0.25, -0.2) is 4.39 Å². The minimum absolute atomic E-state index is 0.0411. The molecule has 3 rings (SSSR count). The van der Waals surface area contributed by atoms with Gasteiger partial charge >= 0.3 is 0 Å². The summed E-state index contributed by atoms with van der Waals surface area (Å²) in [5.74, 6) is 0.243. The van der Waals surface area contributed by atoms with Crippen molar-refractivity contribution in [2.75, 3.05) is 6.54 Å². The van der Waals surface area contributed by atoms with Crippen molar-refractivity contribution in [2.24, 2.45) is 11.7 Å². The van der Waals surface area contributed by atoms with Crippen molar-refractivity contribution in [3.63, 3.8) is 0 Å². The molecule has 98 valence electrons. The molecule has 3 nitrogen and oxygen atoms in total. The van der Waals surface area contributed by atoms with Gasteiger partial charge in [0.2, 0.25) is 0 Å². The first-order chi connectivity index (χ1) is 8.76. The van der Waals surface area contributed by atoms with Crippen LogP contribution in [0.5, 0.6) is 0 Å². The van der Waals surface area contributed by atoms with Crippen LogP contribution in [0, 0.1) is 11.7 Å². The summed E-state index contributed by atoms with van der Waals surface area (Å²) in [5, 5.41) is 0. The van der Waals surface area contributed by atoms with Gasteiger partial charge in [-0.15, -0.1) is 0 Å². The molecule has 0 aromatic heterocycles. The van der Waals surface area contributed by atoms with Crippen molar-refractivity contribution < 1.29 is 13.9 Å². The van der Waals surface area contributed by atoms with E-state index in [0.29, 0.717) is 12.5 Å². The number of hydrogen-bond acceptors (Lipinski definition) is 3. The quantitative estimate of drug-likeness (QED) is 0.897. The van der Waals surface area contributed by atoms with E-state index in [1.54, 1.807) is 12.1 Å². The zero-order valence-corrected chi connectivity index (χ0v) is 10.2. The molecule has 1 aromatic carbocycles. The lowest BCUT2D eigenvalue weighted by atomic mass is 9.96. The molecule has 0 saturated carbocycles. The summed E-state index contributed by atoms with van der Waals surface area (Å²) in [4.78, 5) is 0. The van der Waals surface area contributed by atoms with Gasteiger partial charge in [-0.05, 0) is 43.5 Å². The second-order valence-corrected chi connectivity index (χ2v) is 5.11. The fourth-order valence-corrected chi connectivity index (χ4v) is 2.91. The summed E-state index contributed by atoms with van der Waals surface area (Å²) < 4.78 is 24.6. The van der Waals surface area contributed by atoms with Crippen LogP contribution >= 0.6 is 0 Å². The molecule has 0 spiro atoms.